The molecule has 5 nitrogen and oxygen atoms in total. The van der Waals surface area contributed by atoms with E-state index in [2.05, 4.69) is 21.2 Å². The third-order valence-electron chi connectivity index (χ3n) is 4.40. The number of anilines is 1. The van der Waals surface area contributed by atoms with Gasteiger partial charge in [-0.15, -0.1) is 11.3 Å². The van der Waals surface area contributed by atoms with Gasteiger partial charge in [0, 0.05) is 15.5 Å². The fraction of sp³-hybridized carbons (Fsp3) is 0.217. The maximum atomic E-state index is 12.7. The molecule has 0 atom stereocenters. The monoisotopic (exact) mass is 521 g/mol. The Labute approximate surface area is 198 Å². The first kappa shape index (κ1) is 23.3. The van der Waals surface area contributed by atoms with E-state index in [1.165, 1.54) is 11.3 Å². The summed E-state index contributed by atoms with van der Waals surface area (Å²) in [6.45, 7) is 5.63. The van der Waals surface area contributed by atoms with Gasteiger partial charge in [-0.2, -0.15) is 0 Å². The van der Waals surface area contributed by atoms with Crippen LogP contribution in [-0.4, -0.2) is 25.1 Å². The van der Waals surface area contributed by atoms with Crippen LogP contribution in [0.25, 0.3) is 11.1 Å². The number of nitrogens with one attached hydrogen (secondary N) is 1. The van der Waals surface area contributed by atoms with E-state index in [4.69, 9.17) is 21.1 Å². The van der Waals surface area contributed by atoms with Crippen molar-refractivity contribution in [2.75, 3.05) is 18.5 Å². The second-order valence-corrected chi connectivity index (χ2v) is 9.25. The van der Waals surface area contributed by atoms with Gasteiger partial charge in [0.1, 0.15) is 16.3 Å². The zero-order valence-corrected chi connectivity index (χ0v) is 20.4. The van der Waals surface area contributed by atoms with Gasteiger partial charge in [-0.3, -0.25) is 4.79 Å². The van der Waals surface area contributed by atoms with E-state index in [0.717, 1.165) is 26.0 Å². The van der Waals surface area contributed by atoms with E-state index in [0.29, 0.717) is 21.3 Å². The van der Waals surface area contributed by atoms with Crippen LogP contribution in [0.4, 0.5) is 5.00 Å². The molecule has 0 bridgehead atoms. The van der Waals surface area contributed by atoms with Gasteiger partial charge >= 0.3 is 5.97 Å². The first-order chi connectivity index (χ1) is 14.8. The number of rotatable bonds is 7. The van der Waals surface area contributed by atoms with Gasteiger partial charge in [0.05, 0.1) is 11.1 Å². The van der Waals surface area contributed by atoms with E-state index in [1.54, 1.807) is 25.1 Å². The van der Waals surface area contributed by atoms with Crippen LogP contribution >= 0.6 is 38.9 Å². The highest BCUT2D eigenvalue weighted by Crippen LogP contribution is 2.40. The SMILES string of the molecule is CCOC(=O)c1c(NC(=O)COc2ccc(C)cc2Br)sc(C)c1-c1ccc(Cl)cc1. The molecule has 1 aromatic heterocycles. The second kappa shape index (κ2) is 10.3. The van der Waals surface area contributed by atoms with E-state index in [-0.39, 0.29) is 19.1 Å². The summed E-state index contributed by atoms with van der Waals surface area (Å²) in [6, 6.07) is 12.8. The predicted molar refractivity (Wildman–Crippen MR) is 128 cm³/mol. The topological polar surface area (TPSA) is 64.6 Å². The maximum Gasteiger partial charge on any atom is 0.341 e. The van der Waals surface area contributed by atoms with Crippen LogP contribution in [0.1, 0.15) is 27.7 Å². The van der Waals surface area contributed by atoms with Crippen LogP contribution in [0.3, 0.4) is 0 Å². The van der Waals surface area contributed by atoms with Crippen LogP contribution in [0.15, 0.2) is 46.9 Å². The number of ether oxygens (including phenoxy) is 2. The molecule has 3 aromatic rings. The predicted octanol–water partition coefficient (Wildman–Crippen LogP) is 6.64. The highest BCUT2D eigenvalue weighted by Gasteiger charge is 2.25. The van der Waals surface area contributed by atoms with Gasteiger partial charge in [0.2, 0.25) is 0 Å². The van der Waals surface area contributed by atoms with Crippen molar-refractivity contribution in [2.45, 2.75) is 20.8 Å². The van der Waals surface area contributed by atoms with Crippen molar-refractivity contribution < 1.29 is 19.1 Å². The van der Waals surface area contributed by atoms with Gasteiger partial charge in [-0.25, -0.2) is 4.79 Å². The van der Waals surface area contributed by atoms with Crippen molar-refractivity contribution in [3.05, 3.63) is 68.0 Å². The number of aryl methyl sites for hydroxylation is 2. The summed E-state index contributed by atoms with van der Waals surface area (Å²) in [5.41, 5.74) is 2.95. The summed E-state index contributed by atoms with van der Waals surface area (Å²) in [7, 11) is 0. The Balaban J connectivity index is 1.86. The lowest BCUT2D eigenvalue weighted by molar-refractivity contribution is -0.118. The summed E-state index contributed by atoms with van der Waals surface area (Å²) in [4.78, 5) is 26.2. The van der Waals surface area contributed by atoms with Gasteiger partial charge in [0.15, 0.2) is 6.61 Å². The van der Waals surface area contributed by atoms with Crippen molar-refractivity contribution in [1.29, 1.82) is 0 Å². The molecular weight excluding hydrogens is 502 g/mol. The van der Waals surface area contributed by atoms with Gasteiger partial charge < -0.3 is 14.8 Å². The van der Waals surface area contributed by atoms with Crippen molar-refractivity contribution in [3.8, 4) is 16.9 Å². The maximum absolute atomic E-state index is 12.7. The molecule has 31 heavy (non-hydrogen) atoms. The molecule has 1 heterocycles. The normalized spacial score (nSPS) is 10.6. The minimum absolute atomic E-state index is 0.197. The Morgan fingerprint density at radius 1 is 1.13 bits per heavy atom. The zero-order chi connectivity index (χ0) is 22.5. The summed E-state index contributed by atoms with van der Waals surface area (Å²) in [6.07, 6.45) is 0. The molecule has 0 aliphatic carbocycles. The molecule has 0 unspecified atom stereocenters. The van der Waals surface area contributed by atoms with Crippen molar-refractivity contribution in [1.82, 2.24) is 0 Å². The Morgan fingerprint density at radius 2 is 1.84 bits per heavy atom. The average molecular weight is 523 g/mol. The lowest BCUT2D eigenvalue weighted by atomic mass is 10.0. The lowest BCUT2D eigenvalue weighted by Gasteiger charge is -2.11. The van der Waals surface area contributed by atoms with Crippen molar-refractivity contribution in [2.24, 2.45) is 0 Å². The highest BCUT2D eigenvalue weighted by atomic mass is 79.9. The van der Waals surface area contributed by atoms with E-state index in [1.807, 2.05) is 38.1 Å². The molecule has 0 fully saturated rings. The van der Waals surface area contributed by atoms with Gasteiger partial charge in [-0.05, 0) is 72.1 Å². The van der Waals surface area contributed by atoms with Gasteiger partial charge in [-0.1, -0.05) is 29.8 Å². The minimum atomic E-state index is -0.491. The molecule has 1 N–H and O–H groups in total. The summed E-state index contributed by atoms with van der Waals surface area (Å²) >= 11 is 10.8. The largest absolute Gasteiger partial charge is 0.483 e. The third kappa shape index (κ3) is 5.67. The fourth-order valence-corrected chi connectivity index (χ4v) is 4.84. The number of halogens is 2. The number of hydrogen-bond donors (Lipinski definition) is 1. The number of thiophene rings is 1. The minimum Gasteiger partial charge on any atom is -0.483 e. The molecule has 0 radical (unpaired) electrons. The number of esters is 1. The molecule has 0 saturated heterocycles. The van der Waals surface area contributed by atoms with E-state index >= 15 is 0 Å². The van der Waals surface area contributed by atoms with Crippen molar-refractivity contribution in [3.63, 3.8) is 0 Å². The molecule has 2 aromatic carbocycles. The van der Waals surface area contributed by atoms with Crippen LogP contribution in [0, 0.1) is 13.8 Å². The number of hydrogen-bond acceptors (Lipinski definition) is 5. The van der Waals surface area contributed by atoms with E-state index < -0.39 is 5.97 Å². The number of benzene rings is 2. The number of carbonyl (C=O) groups excluding carboxylic acids is 2. The van der Waals surface area contributed by atoms with Crippen LogP contribution in [0.5, 0.6) is 5.75 Å². The standard InChI is InChI=1S/C23H21BrClNO4S/c1-4-29-23(28)21-20(15-6-8-16(25)9-7-15)14(3)31-22(21)26-19(27)12-30-18-10-5-13(2)11-17(18)24/h5-11H,4,12H2,1-3H3,(H,26,27). The zero-order valence-electron chi connectivity index (χ0n) is 17.3. The summed E-state index contributed by atoms with van der Waals surface area (Å²) in [5.74, 6) is -0.299. The van der Waals surface area contributed by atoms with E-state index in [9.17, 15) is 9.59 Å². The fourth-order valence-electron chi connectivity index (χ4n) is 3.02. The smallest absolute Gasteiger partial charge is 0.341 e. The molecule has 162 valence electrons. The molecule has 0 spiro atoms. The number of carbonyl (C=O) groups is 2. The quantitative estimate of drug-likeness (QED) is 0.353. The molecular formula is C23H21BrClNO4S. The molecule has 1 amide bonds. The first-order valence-electron chi connectivity index (χ1n) is 9.55. The molecule has 0 aliphatic rings. The molecule has 8 heteroatoms. The summed E-state index contributed by atoms with van der Waals surface area (Å²) in [5, 5.41) is 3.83. The Kier molecular flexibility index (Phi) is 7.75. The number of amides is 1. The second-order valence-electron chi connectivity index (χ2n) is 6.74. The summed E-state index contributed by atoms with van der Waals surface area (Å²) < 4.78 is 11.6. The van der Waals surface area contributed by atoms with Crippen LogP contribution in [0.2, 0.25) is 5.02 Å². The van der Waals surface area contributed by atoms with Crippen molar-refractivity contribution >= 4 is 55.7 Å². The Morgan fingerprint density at radius 3 is 2.48 bits per heavy atom. The third-order valence-corrected chi connectivity index (χ3v) is 6.29. The molecule has 0 saturated carbocycles. The van der Waals surface area contributed by atoms with Crippen LogP contribution < -0.4 is 10.1 Å². The highest BCUT2D eigenvalue weighted by molar-refractivity contribution is 9.10. The van der Waals surface area contributed by atoms with Gasteiger partial charge in [0.25, 0.3) is 5.91 Å². The Hall–Kier alpha value is -2.35. The lowest BCUT2D eigenvalue weighted by Crippen LogP contribution is -2.21. The molecule has 3 rings (SSSR count). The molecule has 0 aliphatic heterocycles. The Bertz CT molecular complexity index is 1110. The first-order valence-corrected chi connectivity index (χ1v) is 11.5. The average Bonchev–Trinajstić information content (AvgIpc) is 3.03. The van der Waals surface area contributed by atoms with Crippen LogP contribution in [-0.2, 0) is 9.53 Å².